The molecule has 2 nitrogen and oxygen atoms in total. The van der Waals surface area contributed by atoms with Crippen molar-refractivity contribution in [1.29, 1.82) is 0 Å². The third-order valence-electron chi connectivity index (χ3n) is 0.821. The molecule has 0 amide bonds. The topological polar surface area (TPSA) is 40.1 Å². The Labute approximate surface area is 89.1 Å². The number of allylic oxidation sites excluding steroid dienone is 2. The zero-order valence-corrected chi connectivity index (χ0v) is 7.45. The van der Waals surface area contributed by atoms with Crippen molar-refractivity contribution in [1.82, 2.24) is 0 Å². The van der Waals surface area contributed by atoms with Crippen LogP contribution < -0.4 is 5.11 Å². The van der Waals surface area contributed by atoms with Gasteiger partial charge in [0.2, 0.25) is 0 Å². The maximum absolute atomic E-state index is 11.3. The summed E-state index contributed by atoms with van der Waals surface area (Å²) in [5, 5.41) is 9.82. The second kappa shape index (κ2) is 4.85. The molecule has 86 valence electrons. The summed E-state index contributed by atoms with van der Waals surface area (Å²) in [7, 11) is 0. The van der Waals surface area contributed by atoms with Crippen LogP contribution in [0.15, 0.2) is 11.8 Å². The van der Waals surface area contributed by atoms with Gasteiger partial charge in [0, 0.05) is 0 Å². The zero-order chi connectivity index (χ0) is 10.9. The Morgan fingerprint density at radius 3 is 1.57 bits per heavy atom. The van der Waals surface area contributed by atoms with E-state index in [0.717, 1.165) is 0 Å². The third-order valence-corrected chi connectivity index (χ3v) is 0.821. The number of hydrogen-bond donors (Lipinski definition) is 0. The summed E-state index contributed by atoms with van der Waals surface area (Å²) < 4.78 is 67.8. The second-order valence-electron chi connectivity index (χ2n) is 1.87. The Bertz CT molecular complexity index is 240. The van der Waals surface area contributed by atoms with Gasteiger partial charge >= 0.3 is 34.7 Å². The van der Waals surface area contributed by atoms with Crippen LogP contribution in [0.3, 0.4) is 0 Å². The summed E-state index contributed by atoms with van der Waals surface area (Å²) in [5.41, 5.74) is 0. The largest absolute Gasteiger partial charge is 1.00 e. The van der Waals surface area contributed by atoms with E-state index in [1.807, 2.05) is 0 Å². The molecule has 0 aromatic carbocycles. The first kappa shape index (κ1) is 16.0. The van der Waals surface area contributed by atoms with E-state index in [1.165, 1.54) is 0 Å². The van der Waals surface area contributed by atoms with Crippen molar-refractivity contribution < 1.29 is 58.6 Å². The summed E-state index contributed by atoms with van der Waals surface area (Å²) in [6, 6.07) is 0. The van der Waals surface area contributed by atoms with Gasteiger partial charge in [-0.05, 0) is 11.8 Å². The maximum atomic E-state index is 11.3. The zero-order valence-electron chi connectivity index (χ0n) is 5.96. The SMILES string of the molecule is O=C(/C=C(\[O-])C(F)(F)F)C(F)(F)F.[Ag+]. The molecule has 0 radical (unpaired) electrons. The van der Waals surface area contributed by atoms with Crippen molar-refractivity contribution in [3.8, 4) is 0 Å². The fourth-order valence-electron chi connectivity index (χ4n) is 0.283. The molecule has 0 heterocycles. The summed E-state index contributed by atoms with van der Waals surface area (Å²) in [6.45, 7) is 0. The van der Waals surface area contributed by atoms with Gasteiger partial charge in [-0.25, -0.2) is 0 Å². The predicted octanol–water partition coefficient (Wildman–Crippen LogP) is 0.922. The maximum Gasteiger partial charge on any atom is 1.00 e. The van der Waals surface area contributed by atoms with Crippen molar-refractivity contribution in [2.24, 2.45) is 0 Å². The van der Waals surface area contributed by atoms with Crippen molar-refractivity contribution >= 4 is 5.78 Å². The van der Waals surface area contributed by atoms with E-state index in [2.05, 4.69) is 0 Å². The van der Waals surface area contributed by atoms with Gasteiger partial charge in [-0.1, -0.05) is 0 Å². The van der Waals surface area contributed by atoms with Gasteiger partial charge in [0.05, 0.1) is 0 Å². The molecule has 9 heteroatoms. The van der Waals surface area contributed by atoms with Crippen LogP contribution in [-0.2, 0) is 27.2 Å². The van der Waals surface area contributed by atoms with Crippen LogP contribution in [0.4, 0.5) is 26.3 Å². The number of ketones is 1. The Balaban J connectivity index is 0. The number of halogens is 6. The molecular weight excluding hydrogens is 314 g/mol. The minimum Gasteiger partial charge on any atom is -0.869 e. The van der Waals surface area contributed by atoms with E-state index in [0.29, 0.717) is 0 Å². The average molecular weight is 315 g/mol. The van der Waals surface area contributed by atoms with Gasteiger partial charge < -0.3 is 5.11 Å². The van der Waals surface area contributed by atoms with E-state index in [1.54, 1.807) is 0 Å². The molecule has 0 saturated carbocycles. The summed E-state index contributed by atoms with van der Waals surface area (Å²) in [4.78, 5) is 9.82. The summed E-state index contributed by atoms with van der Waals surface area (Å²) in [6.07, 6.45) is -11.9. The first-order chi connectivity index (χ1) is 5.55. The molecule has 0 aromatic rings. The van der Waals surface area contributed by atoms with E-state index < -0.39 is 30.0 Å². The summed E-state index contributed by atoms with van der Waals surface area (Å²) >= 11 is 0. The van der Waals surface area contributed by atoms with Crippen molar-refractivity contribution in [3.63, 3.8) is 0 Å². The predicted molar refractivity (Wildman–Crippen MR) is 25.2 cm³/mol. The van der Waals surface area contributed by atoms with E-state index in [4.69, 9.17) is 0 Å². The molecule has 0 rings (SSSR count). The van der Waals surface area contributed by atoms with Gasteiger partial charge in [-0.2, -0.15) is 26.3 Å². The Hall–Kier alpha value is -0.470. The minimum atomic E-state index is -5.46. The summed E-state index contributed by atoms with van der Waals surface area (Å²) in [5.74, 6) is -5.65. The number of rotatable bonds is 1. The molecule has 14 heavy (non-hydrogen) atoms. The van der Waals surface area contributed by atoms with Crippen LogP contribution in [-0.4, -0.2) is 18.1 Å². The normalized spacial score (nSPS) is 13.4. The van der Waals surface area contributed by atoms with Crippen LogP contribution in [0.25, 0.3) is 0 Å². The Kier molecular flexibility index (Phi) is 5.54. The molecule has 0 bridgehead atoms. The van der Waals surface area contributed by atoms with Crippen molar-refractivity contribution in [3.05, 3.63) is 11.8 Å². The van der Waals surface area contributed by atoms with Crippen LogP contribution in [0.5, 0.6) is 0 Å². The second-order valence-corrected chi connectivity index (χ2v) is 1.87. The van der Waals surface area contributed by atoms with Crippen LogP contribution >= 0.6 is 0 Å². The molecule has 0 fully saturated rings. The van der Waals surface area contributed by atoms with Crippen LogP contribution in [0, 0.1) is 0 Å². The number of carbonyl (C=O) groups excluding carboxylic acids is 1. The van der Waals surface area contributed by atoms with Gasteiger partial charge in [0.1, 0.15) is 0 Å². The Morgan fingerprint density at radius 2 is 1.36 bits per heavy atom. The standard InChI is InChI=1S/C5H2F6O2.Ag/c6-4(7,8)2(12)1-3(13)5(9,10)11;/h1,12H;/q;+1/p-1/b2-1-;. The monoisotopic (exact) mass is 314 g/mol. The minimum absolute atomic E-state index is 0. The first-order valence-corrected chi connectivity index (χ1v) is 2.62. The number of carbonyl (C=O) groups is 1. The molecular formula is C5HAgF6O2. The molecule has 0 saturated heterocycles. The van der Waals surface area contributed by atoms with Crippen molar-refractivity contribution in [2.75, 3.05) is 0 Å². The molecule has 0 aliphatic carbocycles. The molecule has 0 atom stereocenters. The molecule has 0 N–H and O–H groups in total. The molecule has 0 aromatic heterocycles. The number of alkyl halides is 6. The smallest absolute Gasteiger partial charge is 0.869 e. The molecule has 0 aliphatic rings. The fraction of sp³-hybridized carbons (Fsp3) is 0.400. The quantitative estimate of drug-likeness (QED) is 0.312. The van der Waals surface area contributed by atoms with E-state index >= 15 is 0 Å². The van der Waals surface area contributed by atoms with Crippen molar-refractivity contribution in [2.45, 2.75) is 12.4 Å². The van der Waals surface area contributed by atoms with Gasteiger partial charge in [-0.3, -0.25) is 4.79 Å². The van der Waals surface area contributed by atoms with Crippen LogP contribution in [0.2, 0.25) is 0 Å². The first-order valence-electron chi connectivity index (χ1n) is 2.62. The molecule has 0 spiro atoms. The van der Waals surface area contributed by atoms with E-state index in [9.17, 15) is 36.2 Å². The third kappa shape index (κ3) is 5.30. The molecule has 0 unspecified atom stereocenters. The van der Waals surface area contributed by atoms with Gasteiger partial charge in [-0.15, -0.1) is 0 Å². The molecule has 0 aliphatic heterocycles. The fourth-order valence-corrected chi connectivity index (χ4v) is 0.283. The average Bonchev–Trinajstić information content (AvgIpc) is 1.82. The van der Waals surface area contributed by atoms with Crippen LogP contribution in [0.1, 0.15) is 0 Å². The van der Waals surface area contributed by atoms with Gasteiger partial charge in [0.25, 0.3) is 5.78 Å². The number of hydrogen-bond acceptors (Lipinski definition) is 2. The van der Waals surface area contributed by atoms with Gasteiger partial charge in [0.15, 0.2) is 0 Å². The Morgan fingerprint density at radius 1 is 1.00 bits per heavy atom. The van der Waals surface area contributed by atoms with E-state index in [-0.39, 0.29) is 22.4 Å².